The summed E-state index contributed by atoms with van der Waals surface area (Å²) in [5.74, 6) is 1.47. The largest absolute Gasteiger partial charge is 0.493 e. The van der Waals surface area contributed by atoms with Gasteiger partial charge in [-0.1, -0.05) is 12.7 Å². The molecule has 8 heteroatoms. The van der Waals surface area contributed by atoms with E-state index in [1.165, 1.54) is 7.11 Å². The van der Waals surface area contributed by atoms with Gasteiger partial charge in [0.1, 0.15) is 12.3 Å². The normalized spacial score (nSPS) is 13.4. The Hall–Kier alpha value is -3.16. The Morgan fingerprint density at radius 2 is 2.07 bits per heavy atom. The fourth-order valence-electron chi connectivity index (χ4n) is 3.09. The first-order valence-corrected chi connectivity index (χ1v) is 9.28. The van der Waals surface area contributed by atoms with Crippen molar-refractivity contribution in [3.63, 3.8) is 0 Å². The van der Waals surface area contributed by atoms with Crippen LogP contribution in [0.15, 0.2) is 35.6 Å². The first-order chi connectivity index (χ1) is 13.6. The van der Waals surface area contributed by atoms with E-state index in [-0.39, 0.29) is 30.0 Å². The number of methoxy groups -OCH3 is 1. The molecule has 1 fully saturated rings. The number of carbonyl (C=O) groups is 1. The van der Waals surface area contributed by atoms with Crippen molar-refractivity contribution in [3.8, 4) is 22.9 Å². The second-order valence-corrected chi connectivity index (χ2v) is 6.50. The van der Waals surface area contributed by atoms with Crippen LogP contribution in [0.3, 0.4) is 0 Å². The van der Waals surface area contributed by atoms with Gasteiger partial charge in [0.15, 0.2) is 17.3 Å². The summed E-state index contributed by atoms with van der Waals surface area (Å²) in [6.07, 6.45) is 4.27. The Labute approximate surface area is 163 Å². The molecule has 8 nitrogen and oxygen atoms in total. The average molecular weight is 384 g/mol. The minimum Gasteiger partial charge on any atom is -0.493 e. The van der Waals surface area contributed by atoms with Gasteiger partial charge in [0.2, 0.25) is 5.91 Å². The van der Waals surface area contributed by atoms with Crippen LogP contribution < -0.4 is 15.0 Å². The van der Waals surface area contributed by atoms with Crippen molar-refractivity contribution in [2.45, 2.75) is 25.7 Å². The van der Waals surface area contributed by atoms with E-state index < -0.39 is 0 Å². The van der Waals surface area contributed by atoms with Crippen LogP contribution in [-0.4, -0.2) is 52.8 Å². The van der Waals surface area contributed by atoms with E-state index >= 15 is 0 Å². The number of hydrogen-bond donors (Lipinski definition) is 1. The number of aromatic amines is 1. The van der Waals surface area contributed by atoms with Crippen molar-refractivity contribution in [3.05, 3.63) is 46.9 Å². The standard InChI is InChI=1S/C20H24N4O4/c1-3-12-28-16-8-6-14(13-17(16)27-2)19-21-20(26)15(22-23-19)7-9-18(25)24-10-4-5-11-24/h3,6,8,13H,1,4-5,7,9-12H2,2H3,(H,21,23,26). The molecular formula is C20H24N4O4. The van der Waals surface area contributed by atoms with E-state index in [0.29, 0.717) is 29.5 Å². The predicted octanol–water partition coefficient (Wildman–Crippen LogP) is 1.96. The maximum Gasteiger partial charge on any atom is 0.273 e. The van der Waals surface area contributed by atoms with Crippen molar-refractivity contribution >= 4 is 5.91 Å². The molecule has 1 saturated heterocycles. The second-order valence-electron chi connectivity index (χ2n) is 6.50. The molecule has 0 unspecified atom stereocenters. The lowest BCUT2D eigenvalue weighted by Gasteiger charge is -2.14. The van der Waals surface area contributed by atoms with Crippen LogP contribution in [0.2, 0.25) is 0 Å². The van der Waals surface area contributed by atoms with Gasteiger partial charge in [0.25, 0.3) is 5.56 Å². The molecule has 1 aliphatic heterocycles. The van der Waals surface area contributed by atoms with Gasteiger partial charge in [0.05, 0.1) is 7.11 Å². The highest BCUT2D eigenvalue weighted by molar-refractivity contribution is 5.76. The van der Waals surface area contributed by atoms with Gasteiger partial charge in [-0.3, -0.25) is 9.59 Å². The minimum atomic E-state index is -0.342. The number of ether oxygens (including phenoxy) is 2. The van der Waals surface area contributed by atoms with Crippen LogP contribution in [0.1, 0.15) is 25.0 Å². The van der Waals surface area contributed by atoms with Crippen molar-refractivity contribution in [2.75, 3.05) is 26.8 Å². The number of aryl methyl sites for hydroxylation is 1. The number of carbonyl (C=O) groups excluding carboxylic acids is 1. The van der Waals surface area contributed by atoms with Gasteiger partial charge in [-0.2, -0.15) is 0 Å². The van der Waals surface area contributed by atoms with Gasteiger partial charge < -0.3 is 19.4 Å². The molecule has 1 aromatic heterocycles. The van der Waals surface area contributed by atoms with Crippen molar-refractivity contribution < 1.29 is 14.3 Å². The predicted molar refractivity (Wildman–Crippen MR) is 104 cm³/mol. The Bertz CT molecular complexity index is 903. The third-order valence-corrected chi connectivity index (χ3v) is 4.59. The van der Waals surface area contributed by atoms with E-state index in [2.05, 4.69) is 21.8 Å². The minimum absolute atomic E-state index is 0.0580. The Morgan fingerprint density at radius 1 is 1.29 bits per heavy atom. The molecule has 0 aliphatic carbocycles. The average Bonchev–Trinajstić information content (AvgIpc) is 3.26. The lowest BCUT2D eigenvalue weighted by molar-refractivity contribution is -0.130. The van der Waals surface area contributed by atoms with Crippen LogP contribution in [0.5, 0.6) is 11.5 Å². The van der Waals surface area contributed by atoms with Crippen LogP contribution in [0, 0.1) is 0 Å². The topological polar surface area (TPSA) is 97.4 Å². The number of hydrogen-bond acceptors (Lipinski definition) is 6. The highest BCUT2D eigenvalue weighted by Crippen LogP contribution is 2.31. The first kappa shape index (κ1) is 19.6. The fourth-order valence-corrected chi connectivity index (χ4v) is 3.09. The van der Waals surface area contributed by atoms with Gasteiger partial charge in [0, 0.05) is 31.5 Å². The first-order valence-electron chi connectivity index (χ1n) is 9.28. The number of rotatable bonds is 8. The van der Waals surface area contributed by atoms with E-state index in [1.54, 1.807) is 24.3 Å². The molecule has 2 heterocycles. The number of likely N-dealkylation sites (tertiary alicyclic amines) is 1. The molecule has 3 rings (SSSR count). The van der Waals surface area contributed by atoms with E-state index in [4.69, 9.17) is 9.47 Å². The Balaban J connectivity index is 1.71. The maximum atomic E-state index is 12.4. The fraction of sp³-hybridized carbons (Fsp3) is 0.400. The Kier molecular flexibility index (Phi) is 6.41. The molecular weight excluding hydrogens is 360 g/mol. The number of H-pyrrole nitrogens is 1. The summed E-state index contributed by atoms with van der Waals surface area (Å²) in [6, 6.07) is 5.21. The molecule has 0 saturated carbocycles. The summed E-state index contributed by atoms with van der Waals surface area (Å²) in [6.45, 7) is 5.57. The zero-order valence-corrected chi connectivity index (χ0v) is 15.9. The van der Waals surface area contributed by atoms with Gasteiger partial charge in [-0.15, -0.1) is 10.2 Å². The van der Waals surface area contributed by atoms with E-state index in [0.717, 1.165) is 25.9 Å². The SMILES string of the molecule is C=CCOc1ccc(-c2nnc(CCC(=O)N3CCCC3)c(=O)[nH]2)cc1OC. The van der Waals surface area contributed by atoms with E-state index in [1.807, 2.05) is 4.90 Å². The number of nitrogens with zero attached hydrogens (tertiary/aromatic N) is 3. The lowest BCUT2D eigenvalue weighted by atomic mass is 10.2. The molecule has 0 radical (unpaired) electrons. The smallest absolute Gasteiger partial charge is 0.273 e. The number of nitrogens with one attached hydrogen (secondary N) is 1. The molecule has 0 atom stereocenters. The molecule has 0 spiro atoms. The van der Waals surface area contributed by atoms with Crippen LogP contribution in [0.4, 0.5) is 0 Å². The van der Waals surface area contributed by atoms with E-state index in [9.17, 15) is 9.59 Å². The molecule has 1 N–H and O–H groups in total. The van der Waals surface area contributed by atoms with Crippen LogP contribution in [-0.2, 0) is 11.2 Å². The summed E-state index contributed by atoms with van der Waals surface area (Å²) in [5.41, 5.74) is 0.562. The number of aromatic nitrogens is 3. The highest BCUT2D eigenvalue weighted by Gasteiger charge is 2.18. The Morgan fingerprint density at radius 3 is 2.75 bits per heavy atom. The molecule has 0 bridgehead atoms. The van der Waals surface area contributed by atoms with Crippen LogP contribution >= 0.6 is 0 Å². The van der Waals surface area contributed by atoms with Gasteiger partial charge in [-0.25, -0.2) is 0 Å². The summed E-state index contributed by atoms with van der Waals surface area (Å²) < 4.78 is 10.9. The third-order valence-electron chi connectivity index (χ3n) is 4.59. The molecule has 1 aliphatic rings. The lowest BCUT2D eigenvalue weighted by Crippen LogP contribution is -2.28. The second kappa shape index (κ2) is 9.16. The highest BCUT2D eigenvalue weighted by atomic mass is 16.5. The molecule has 2 aromatic rings. The molecule has 148 valence electrons. The molecule has 28 heavy (non-hydrogen) atoms. The monoisotopic (exact) mass is 384 g/mol. The van der Waals surface area contributed by atoms with Crippen molar-refractivity contribution in [2.24, 2.45) is 0 Å². The van der Waals surface area contributed by atoms with Gasteiger partial charge in [-0.05, 0) is 31.0 Å². The van der Waals surface area contributed by atoms with Crippen molar-refractivity contribution in [1.82, 2.24) is 20.1 Å². The summed E-state index contributed by atoms with van der Waals surface area (Å²) in [7, 11) is 1.54. The molecule has 1 amide bonds. The zero-order valence-electron chi connectivity index (χ0n) is 15.9. The maximum absolute atomic E-state index is 12.4. The third kappa shape index (κ3) is 4.57. The summed E-state index contributed by atoms with van der Waals surface area (Å²) in [4.78, 5) is 29.1. The van der Waals surface area contributed by atoms with Crippen LogP contribution in [0.25, 0.3) is 11.4 Å². The van der Waals surface area contributed by atoms with Crippen molar-refractivity contribution in [1.29, 1.82) is 0 Å². The number of benzene rings is 1. The van der Waals surface area contributed by atoms with Gasteiger partial charge >= 0.3 is 0 Å². The zero-order chi connectivity index (χ0) is 19.9. The number of amides is 1. The molecule has 1 aromatic carbocycles. The summed E-state index contributed by atoms with van der Waals surface area (Å²) in [5, 5.41) is 8.14. The summed E-state index contributed by atoms with van der Waals surface area (Å²) >= 11 is 0. The quantitative estimate of drug-likeness (QED) is 0.699.